The summed E-state index contributed by atoms with van der Waals surface area (Å²) in [5.41, 5.74) is 0. The van der Waals surface area contributed by atoms with Crippen molar-refractivity contribution in [3.8, 4) is 0 Å². The Labute approximate surface area is 272 Å². The average Bonchev–Trinajstić information content (AvgIpc) is 3.03. The summed E-state index contributed by atoms with van der Waals surface area (Å²) in [5, 5.41) is 0. The van der Waals surface area contributed by atoms with E-state index in [1.54, 1.807) is 0 Å². The van der Waals surface area contributed by atoms with Crippen LogP contribution in [0, 0.1) is 0 Å². The van der Waals surface area contributed by atoms with E-state index in [-0.39, 0.29) is 0 Å². The molecule has 0 saturated heterocycles. The maximum Gasteiger partial charge on any atom is 0.169 e. The lowest BCUT2D eigenvalue weighted by Crippen LogP contribution is -2.38. The molecule has 0 atom stereocenters. The van der Waals surface area contributed by atoms with Crippen molar-refractivity contribution in [2.75, 3.05) is 0 Å². The van der Waals surface area contributed by atoms with E-state index in [4.69, 9.17) is 0 Å². The third-order valence-electron chi connectivity index (χ3n) is 9.94. The van der Waals surface area contributed by atoms with Gasteiger partial charge in [0.25, 0.3) is 0 Å². The van der Waals surface area contributed by atoms with Crippen molar-refractivity contribution >= 4 is 0 Å². The normalized spacial score (nSPS) is 11.6. The molecule has 0 aromatic carbocycles. The molecule has 0 aliphatic carbocycles. The van der Waals surface area contributed by atoms with Crippen molar-refractivity contribution in [3.05, 3.63) is 30.6 Å². The summed E-state index contributed by atoms with van der Waals surface area (Å²) in [6.45, 7) is 4.62. The average molecular weight is 599 g/mol. The van der Waals surface area contributed by atoms with E-state index in [1.807, 2.05) is 0 Å². The summed E-state index contributed by atoms with van der Waals surface area (Å²) in [6, 6.07) is 7.30. The Balaban J connectivity index is 1.95. The van der Waals surface area contributed by atoms with Gasteiger partial charge < -0.3 is 0 Å². The first-order valence-corrected chi connectivity index (χ1v) is 20.3. The molecule has 0 fully saturated rings. The van der Waals surface area contributed by atoms with Crippen LogP contribution in [0.1, 0.15) is 238 Å². The fourth-order valence-corrected chi connectivity index (χ4v) is 6.95. The zero-order chi connectivity index (χ0) is 30.7. The first-order valence-electron chi connectivity index (χ1n) is 20.3. The molecule has 1 nitrogen and oxygen atoms in total. The predicted octanol–water partition coefficient (Wildman–Crippen LogP) is 14.8. The molecule has 1 aromatic heterocycles. The van der Waals surface area contributed by atoms with Gasteiger partial charge >= 0.3 is 0 Å². The summed E-state index contributed by atoms with van der Waals surface area (Å²) >= 11 is 0. The molecule has 0 unspecified atom stereocenters. The van der Waals surface area contributed by atoms with Crippen LogP contribution in [0.2, 0.25) is 0 Å². The van der Waals surface area contributed by atoms with Gasteiger partial charge in [0.15, 0.2) is 18.4 Å². The minimum absolute atomic E-state index is 0.708. The van der Waals surface area contributed by atoms with Gasteiger partial charge in [0.2, 0.25) is 0 Å². The molecule has 0 aliphatic heterocycles. The van der Waals surface area contributed by atoms with Crippen LogP contribution in [0.3, 0.4) is 0 Å². The molecular formula is C42H80N+. The molecular weight excluding hydrogens is 518 g/mol. The highest BCUT2D eigenvalue weighted by atomic mass is 15.0. The lowest BCUT2D eigenvalue weighted by Gasteiger charge is -2.13. The zero-order valence-electron chi connectivity index (χ0n) is 30.0. The number of hydrogen-bond acceptors (Lipinski definition) is 0. The highest BCUT2D eigenvalue weighted by molar-refractivity contribution is 4.84. The van der Waals surface area contributed by atoms with Gasteiger partial charge in [-0.2, -0.15) is 0 Å². The smallest absolute Gasteiger partial charge is 0.169 e. The van der Waals surface area contributed by atoms with Gasteiger partial charge in [0.05, 0.1) is 0 Å². The second kappa shape index (κ2) is 34.0. The van der Waals surface area contributed by atoms with Gasteiger partial charge in [-0.3, -0.25) is 0 Å². The summed E-state index contributed by atoms with van der Waals surface area (Å²) in [6.07, 6.45) is 53.9. The number of hydrogen-bond donors (Lipinski definition) is 0. The summed E-state index contributed by atoms with van der Waals surface area (Å²) in [4.78, 5) is 0. The first kappa shape index (κ1) is 40.2. The molecule has 1 aromatic rings. The molecule has 0 bridgehead atoms. The van der Waals surface area contributed by atoms with Crippen molar-refractivity contribution in [1.82, 2.24) is 0 Å². The van der Waals surface area contributed by atoms with Crippen LogP contribution in [0.15, 0.2) is 30.6 Å². The Kier molecular flexibility index (Phi) is 31.8. The highest BCUT2D eigenvalue weighted by Crippen LogP contribution is 2.20. The van der Waals surface area contributed by atoms with Gasteiger partial charge in [-0.25, -0.2) is 4.57 Å². The van der Waals surface area contributed by atoms with E-state index in [2.05, 4.69) is 49.0 Å². The monoisotopic (exact) mass is 599 g/mol. The SMILES string of the molecule is CCCCCCCCCCCCCCCCCCC(CCCCCCCCCCCCCCCCCC)[n+]1ccccc1. The Bertz CT molecular complexity index is 589. The molecule has 1 heterocycles. The lowest BCUT2D eigenvalue weighted by atomic mass is 9.99. The molecule has 0 amide bonds. The molecule has 0 aliphatic rings. The number of nitrogens with zero attached hydrogens (tertiary/aromatic N) is 1. The van der Waals surface area contributed by atoms with Crippen molar-refractivity contribution in [2.45, 2.75) is 238 Å². The third-order valence-corrected chi connectivity index (χ3v) is 9.94. The quantitative estimate of drug-likeness (QED) is 0.0540. The van der Waals surface area contributed by atoms with Gasteiger partial charge in [-0.1, -0.05) is 213 Å². The van der Waals surface area contributed by atoms with E-state index >= 15 is 0 Å². The van der Waals surface area contributed by atoms with Crippen LogP contribution in [-0.4, -0.2) is 0 Å². The first-order chi connectivity index (χ1) is 21.4. The van der Waals surface area contributed by atoms with Crippen LogP contribution in [0.5, 0.6) is 0 Å². The van der Waals surface area contributed by atoms with Crippen molar-refractivity contribution in [1.29, 1.82) is 0 Å². The number of unbranched alkanes of at least 4 members (excludes halogenated alkanes) is 30. The molecule has 0 spiro atoms. The molecule has 1 rings (SSSR count). The molecule has 43 heavy (non-hydrogen) atoms. The lowest BCUT2D eigenvalue weighted by molar-refractivity contribution is -0.724. The molecule has 0 radical (unpaired) electrons. The topological polar surface area (TPSA) is 3.88 Å². The van der Waals surface area contributed by atoms with E-state index < -0.39 is 0 Å². The van der Waals surface area contributed by atoms with Gasteiger partial charge in [-0.15, -0.1) is 0 Å². The second-order valence-corrected chi connectivity index (χ2v) is 14.2. The molecule has 252 valence electrons. The van der Waals surface area contributed by atoms with Crippen LogP contribution < -0.4 is 4.57 Å². The fraction of sp³-hybridized carbons (Fsp3) is 0.881. The van der Waals surface area contributed by atoms with Gasteiger partial charge in [0, 0.05) is 25.0 Å². The maximum atomic E-state index is 2.51. The Morgan fingerprint density at radius 2 is 0.535 bits per heavy atom. The highest BCUT2D eigenvalue weighted by Gasteiger charge is 2.17. The van der Waals surface area contributed by atoms with E-state index in [9.17, 15) is 0 Å². The fourth-order valence-electron chi connectivity index (χ4n) is 6.95. The van der Waals surface area contributed by atoms with E-state index in [0.29, 0.717) is 6.04 Å². The van der Waals surface area contributed by atoms with E-state index in [0.717, 1.165) is 0 Å². The maximum absolute atomic E-state index is 2.51. The second-order valence-electron chi connectivity index (χ2n) is 14.2. The molecule has 0 N–H and O–H groups in total. The van der Waals surface area contributed by atoms with Gasteiger partial charge in [0.1, 0.15) is 0 Å². The Hall–Kier alpha value is -0.850. The Morgan fingerprint density at radius 1 is 0.302 bits per heavy atom. The standard InChI is InChI=1S/C42H80N/c1-3-5-7-9-11-13-15-17-19-21-23-25-27-29-31-34-38-42(43-40-36-33-37-41-43)39-35-32-30-28-26-24-22-20-18-16-14-12-10-8-6-4-2/h33,36-37,40-42H,3-32,34-35,38-39H2,1-2H3/q+1. The van der Waals surface area contributed by atoms with E-state index in [1.165, 1.54) is 218 Å². The largest absolute Gasteiger partial charge is 0.202 e. The van der Waals surface area contributed by atoms with Crippen molar-refractivity contribution in [2.24, 2.45) is 0 Å². The van der Waals surface area contributed by atoms with Crippen molar-refractivity contribution in [3.63, 3.8) is 0 Å². The predicted molar refractivity (Wildman–Crippen MR) is 194 cm³/mol. The number of aromatic nitrogens is 1. The van der Waals surface area contributed by atoms with Crippen LogP contribution in [0.25, 0.3) is 0 Å². The van der Waals surface area contributed by atoms with Crippen molar-refractivity contribution < 1.29 is 4.57 Å². The van der Waals surface area contributed by atoms with Crippen LogP contribution in [-0.2, 0) is 0 Å². The number of rotatable bonds is 35. The Morgan fingerprint density at radius 3 is 0.791 bits per heavy atom. The molecule has 1 heteroatoms. The summed E-state index contributed by atoms with van der Waals surface area (Å²) in [5.74, 6) is 0. The minimum atomic E-state index is 0.708. The van der Waals surface area contributed by atoms with Gasteiger partial charge in [-0.05, 0) is 12.8 Å². The minimum Gasteiger partial charge on any atom is -0.202 e. The van der Waals surface area contributed by atoms with Crippen LogP contribution in [0.4, 0.5) is 0 Å². The molecule has 0 saturated carbocycles. The third kappa shape index (κ3) is 28.4. The van der Waals surface area contributed by atoms with Crippen LogP contribution >= 0.6 is 0 Å². The summed E-state index contributed by atoms with van der Waals surface area (Å²) in [7, 11) is 0. The number of pyridine rings is 1. The zero-order valence-corrected chi connectivity index (χ0v) is 30.0. The summed E-state index contributed by atoms with van der Waals surface area (Å²) < 4.78 is 2.51.